The lowest BCUT2D eigenvalue weighted by Crippen LogP contribution is -2.43. The van der Waals surface area contributed by atoms with Crippen LogP contribution in [0, 0.1) is 0 Å². The maximum atomic E-state index is 11.4. The van der Waals surface area contributed by atoms with Gasteiger partial charge in [-0.3, -0.25) is 9.69 Å². The number of benzene rings is 1. The van der Waals surface area contributed by atoms with Crippen LogP contribution in [0.1, 0.15) is 18.4 Å². The van der Waals surface area contributed by atoms with Crippen molar-refractivity contribution >= 4 is 17.7 Å². The molecule has 2 atom stereocenters. The van der Waals surface area contributed by atoms with E-state index in [1.54, 1.807) is 0 Å². The van der Waals surface area contributed by atoms with Crippen LogP contribution < -0.4 is 0 Å². The van der Waals surface area contributed by atoms with Gasteiger partial charge in [-0.15, -0.1) is 0 Å². The minimum Gasteiger partial charge on any atom is -0.481 e. The van der Waals surface area contributed by atoms with E-state index in [9.17, 15) is 9.90 Å². The largest absolute Gasteiger partial charge is 0.481 e. The van der Waals surface area contributed by atoms with Gasteiger partial charge in [-0.2, -0.15) is 11.8 Å². The van der Waals surface area contributed by atoms with Gasteiger partial charge < -0.3 is 5.11 Å². The zero-order chi connectivity index (χ0) is 13.0. The summed E-state index contributed by atoms with van der Waals surface area (Å²) in [5.74, 6) is 1.05. The Morgan fingerprint density at radius 2 is 2.22 bits per heavy atom. The maximum absolute atomic E-state index is 11.4. The monoisotopic (exact) mass is 265 g/mol. The van der Waals surface area contributed by atoms with Crippen LogP contribution in [0.25, 0.3) is 0 Å². The molecule has 18 heavy (non-hydrogen) atoms. The molecule has 2 rings (SSSR count). The standard InChI is InChI=1S/C14H19NO2S/c1-11-10-18-8-7-15(11)9-13(14(16)17)12-5-3-2-4-6-12/h2-6,11,13H,7-10H2,1H3,(H,16,17). The van der Waals surface area contributed by atoms with E-state index in [1.165, 1.54) is 0 Å². The zero-order valence-corrected chi connectivity index (χ0v) is 11.4. The molecule has 2 unspecified atom stereocenters. The minimum absolute atomic E-state index is 0.420. The second-order valence-corrected chi connectivity index (χ2v) is 5.87. The first-order valence-electron chi connectivity index (χ1n) is 6.28. The second kappa shape index (κ2) is 6.25. The molecule has 1 aromatic carbocycles. The Hall–Kier alpha value is -1.00. The Labute approximate surface area is 112 Å². The molecular formula is C14H19NO2S. The highest BCUT2D eigenvalue weighted by molar-refractivity contribution is 7.99. The van der Waals surface area contributed by atoms with Gasteiger partial charge in [-0.1, -0.05) is 30.3 Å². The normalized spacial score (nSPS) is 22.6. The molecule has 1 aliphatic heterocycles. The summed E-state index contributed by atoms with van der Waals surface area (Å²) in [6.45, 7) is 3.78. The number of carbonyl (C=O) groups is 1. The van der Waals surface area contributed by atoms with Crippen LogP contribution in [0.5, 0.6) is 0 Å². The van der Waals surface area contributed by atoms with Crippen molar-refractivity contribution in [2.75, 3.05) is 24.6 Å². The molecule has 0 aromatic heterocycles. The van der Waals surface area contributed by atoms with Crippen molar-refractivity contribution in [3.8, 4) is 0 Å². The van der Waals surface area contributed by atoms with Crippen LogP contribution >= 0.6 is 11.8 Å². The predicted molar refractivity (Wildman–Crippen MR) is 75.2 cm³/mol. The average Bonchev–Trinajstić information content (AvgIpc) is 2.38. The van der Waals surface area contributed by atoms with Gasteiger partial charge >= 0.3 is 5.97 Å². The van der Waals surface area contributed by atoms with Crippen LogP contribution in [0.15, 0.2) is 30.3 Å². The highest BCUT2D eigenvalue weighted by Crippen LogP contribution is 2.22. The topological polar surface area (TPSA) is 40.5 Å². The minimum atomic E-state index is -0.730. The summed E-state index contributed by atoms with van der Waals surface area (Å²) in [5, 5.41) is 9.41. The van der Waals surface area contributed by atoms with Gasteiger partial charge in [0.05, 0.1) is 5.92 Å². The molecule has 1 heterocycles. The van der Waals surface area contributed by atoms with Crippen molar-refractivity contribution < 1.29 is 9.90 Å². The van der Waals surface area contributed by atoms with Crippen LogP contribution in [0.2, 0.25) is 0 Å². The molecule has 0 spiro atoms. The molecule has 98 valence electrons. The number of hydrogen-bond donors (Lipinski definition) is 1. The SMILES string of the molecule is CC1CSCCN1CC(C(=O)O)c1ccccc1. The number of carboxylic acids is 1. The fraction of sp³-hybridized carbons (Fsp3) is 0.500. The van der Waals surface area contributed by atoms with E-state index in [0.29, 0.717) is 12.6 Å². The summed E-state index contributed by atoms with van der Waals surface area (Å²) in [6, 6.07) is 10.0. The number of hydrogen-bond acceptors (Lipinski definition) is 3. The van der Waals surface area contributed by atoms with E-state index >= 15 is 0 Å². The Bertz CT molecular complexity index is 396. The summed E-state index contributed by atoms with van der Waals surface area (Å²) < 4.78 is 0. The van der Waals surface area contributed by atoms with Crippen molar-refractivity contribution in [3.63, 3.8) is 0 Å². The smallest absolute Gasteiger partial charge is 0.312 e. The van der Waals surface area contributed by atoms with Gasteiger partial charge in [0.1, 0.15) is 0 Å². The Morgan fingerprint density at radius 1 is 1.50 bits per heavy atom. The molecule has 1 saturated heterocycles. The molecule has 1 aromatic rings. The Balaban J connectivity index is 2.09. The molecule has 1 fully saturated rings. The first-order valence-corrected chi connectivity index (χ1v) is 7.43. The molecule has 4 heteroatoms. The van der Waals surface area contributed by atoms with Gasteiger partial charge in [-0.25, -0.2) is 0 Å². The van der Waals surface area contributed by atoms with Gasteiger partial charge in [0.15, 0.2) is 0 Å². The lowest BCUT2D eigenvalue weighted by molar-refractivity contribution is -0.139. The quantitative estimate of drug-likeness (QED) is 0.907. The molecule has 0 amide bonds. The molecule has 0 bridgehead atoms. The van der Waals surface area contributed by atoms with Crippen molar-refractivity contribution in [1.82, 2.24) is 4.90 Å². The summed E-state index contributed by atoms with van der Waals surface area (Å²) in [6.07, 6.45) is 0. The first kappa shape index (κ1) is 13.4. The van der Waals surface area contributed by atoms with Crippen molar-refractivity contribution in [2.45, 2.75) is 18.9 Å². The van der Waals surface area contributed by atoms with Gasteiger partial charge in [0, 0.05) is 30.6 Å². The second-order valence-electron chi connectivity index (χ2n) is 4.72. The zero-order valence-electron chi connectivity index (χ0n) is 10.6. The third kappa shape index (κ3) is 3.27. The molecule has 0 radical (unpaired) electrons. The van der Waals surface area contributed by atoms with Gasteiger partial charge in [-0.05, 0) is 12.5 Å². The molecular weight excluding hydrogens is 246 g/mol. The number of aliphatic carboxylic acids is 1. The number of nitrogens with zero attached hydrogens (tertiary/aromatic N) is 1. The number of carboxylic acid groups (broad SMARTS) is 1. The Kier molecular flexibility index (Phi) is 4.66. The van der Waals surface area contributed by atoms with E-state index in [2.05, 4.69) is 11.8 Å². The van der Waals surface area contributed by atoms with E-state index in [1.807, 2.05) is 42.1 Å². The summed E-state index contributed by atoms with van der Waals surface area (Å²) in [7, 11) is 0. The predicted octanol–water partition coefficient (Wildman–Crippen LogP) is 2.29. The third-order valence-corrected chi connectivity index (χ3v) is 4.61. The van der Waals surface area contributed by atoms with Crippen LogP contribution in [0.3, 0.4) is 0 Å². The summed E-state index contributed by atoms with van der Waals surface area (Å²) in [5.41, 5.74) is 0.899. The highest BCUT2D eigenvalue weighted by atomic mass is 32.2. The van der Waals surface area contributed by atoms with Crippen molar-refractivity contribution in [1.29, 1.82) is 0 Å². The number of rotatable bonds is 4. The molecule has 1 N–H and O–H groups in total. The maximum Gasteiger partial charge on any atom is 0.312 e. The summed E-state index contributed by atoms with van der Waals surface area (Å²) >= 11 is 1.95. The third-order valence-electron chi connectivity index (χ3n) is 3.42. The molecule has 3 nitrogen and oxygen atoms in total. The molecule has 1 aliphatic rings. The van der Waals surface area contributed by atoms with E-state index in [4.69, 9.17) is 0 Å². The van der Waals surface area contributed by atoms with Gasteiger partial charge in [0.25, 0.3) is 0 Å². The first-order chi connectivity index (χ1) is 8.68. The van der Waals surface area contributed by atoms with Crippen LogP contribution in [-0.2, 0) is 4.79 Å². The summed E-state index contributed by atoms with van der Waals surface area (Å²) in [4.78, 5) is 13.7. The van der Waals surface area contributed by atoms with E-state index in [0.717, 1.165) is 23.6 Å². The lowest BCUT2D eigenvalue weighted by atomic mass is 9.98. The lowest BCUT2D eigenvalue weighted by Gasteiger charge is -2.34. The van der Waals surface area contributed by atoms with Crippen molar-refractivity contribution in [2.24, 2.45) is 0 Å². The highest BCUT2D eigenvalue weighted by Gasteiger charge is 2.26. The van der Waals surface area contributed by atoms with Crippen molar-refractivity contribution in [3.05, 3.63) is 35.9 Å². The van der Waals surface area contributed by atoms with Crippen LogP contribution in [0.4, 0.5) is 0 Å². The van der Waals surface area contributed by atoms with E-state index in [-0.39, 0.29) is 0 Å². The van der Waals surface area contributed by atoms with E-state index < -0.39 is 11.9 Å². The van der Waals surface area contributed by atoms with Crippen LogP contribution in [-0.4, -0.2) is 46.6 Å². The number of thioether (sulfide) groups is 1. The fourth-order valence-electron chi connectivity index (χ4n) is 2.28. The molecule has 0 saturated carbocycles. The fourth-order valence-corrected chi connectivity index (χ4v) is 3.36. The molecule has 0 aliphatic carbocycles. The Morgan fingerprint density at radius 3 is 2.83 bits per heavy atom. The van der Waals surface area contributed by atoms with Gasteiger partial charge in [0.2, 0.25) is 0 Å². The average molecular weight is 265 g/mol.